The Morgan fingerprint density at radius 1 is 1.24 bits per heavy atom. The van der Waals surface area contributed by atoms with E-state index >= 15 is 0 Å². The third-order valence-electron chi connectivity index (χ3n) is 3.85. The number of rotatable bonds is 6. The van der Waals surface area contributed by atoms with E-state index in [1.54, 1.807) is 18.2 Å². The summed E-state index contributed by atoms with van der Waals surface area (Å²) >= 11 is 0. The van der Waals surface area contributed by atoms with Gasteiger partial charge in [-0.1, -0.05) is 26.2 Å². The van der Waals surface area contributed by atoms with Crippen LogP contribution in [0.1, 0.15) is 51.0 Å². The molecule has 0 amide bonds. The van der Waals surface area contributed by atoms with E-state index in [1.165, 1.54) is 6.42 Å². The SMILES string of the molecule is CCCOc1ccc(S(=O)(=O)NC2CCCCC2)cc1C. The average molecular weight is 311 g/mol. The van der Waals surface area contributed by atoms with Crippen LogP contribution in [0.25, 0.3) is 0 Å². The van der Waals surface area contributed by atoms with E-state index in [1.807, 2.05) is 13.8 Å². The highest BCUT2D eigenvalue weighted by atomic mass is 32.2. The number of aryl methyl sites for hydroxylation is 1. The molecule has 0 unspecified atom stereocenters. The first-order chi connectivity index (χ1) is 10.0. The van der Waals surface area contributed by atoms with Gasteiger partial charge in [0.2, 0.25) is 10.0 Å². The van der Waals surface area contributed by atoms with Crippen LogP contribution >= 0.6 is 0 Å². The van der Waals surface area contributed by atoms with Gasteiger partial charge in [-0.15, -0.1) is 0 Å². The first-order valence-electron chi connectivity index (χ1n) is 7.78. The van der Waals surface area contributed by atoms with Crippen molar-refractivity contribution in [1.29, 1.82) is 0 Å². The van der Waals surface area contributed by atoms with E-state index in [9.17, 15) is 8.42 Å². The molecule has 1 fully saturated rings. The molecule has 1 aromatic carbocycles. The number of hydrogen-bond acceptors (Lipinski definition) is 3. The molecule has 4 nitrogen and oxygen atoms in total. The van der Waals surface area contributed by atoms with Crippen molar-refractivity contribution in [1.82, 2.24) is 4.72 Å². The van der Waals surface area contributed by atoms with Crippen molar-refractivity contribution < 1.29 is 13.2 Å². The lowest BCUT2D eigenvalue weighted by molar-refractivity contribution is 0.315. The van der Waals surface area contributed by atoms with Gasteiger partial charge in [0.25, 0.3) is 0 Å². The number of sulfonamides is 1. The highest BCUT2D eigenvalue weighted by molar-refractivity contribution is 7.89. The van der Waals surface area contributed by atoms with Crippen LogP contribution in [0.15, 0.2) is 23.1 Å². The maximum absolute atomic E-state index is 12.4. The van der Waals surface area contributed by atoms with E-state index < -0.39 is 10.0 Å². The van der Waals surface area contributed by atoms with Crippen LogP contribution in [0.5, 0.6) is 5.75 Å². The minimum atomic E-state index is -3.43. The molecular weight excluding hydrogens is 286 g/mol. The molecule has 1 aliphatic rings. The van der Waals surface area contributed by atoms with E-state index in [-0.39, 0.29) is 6.04 Å². The van der Waals surface area contributed by atoms with Crippen molar-refractivity contribution >= 4 is 10.0 Å². The van der Waals surface area contributed by atoms with Gasteiger partial charge >= 0.3 is 0 Å². The van der Waals surface area contributed by atoms with Crippen LogP contribution in [-0.4, -0.2) is 21.1 Å². The molecule has 5 heteroatoms. The maximum Gasteiger partial charge on any atom is 0.240 e. The number of ether oxygens (including phenoxy) is 1. The zero-order valence-corrected chi connectivity index (χ0v) is 13.7. The first-order valence-corrected chi connectivity index (χ1v) is 9.27. The van der Waals surface area contributed by atoms with E-state index in [4.69, 9.17) is 4.74 Å². The Bertz CT molecular complexity index is 563. The molecule has 118 valence electrons. The van der Waals surface area contributed by atoms with Gasteiger partial charge in [-0.25, -0.2) is 13.1 Å². The van der Waals surface area contributed by atoms with Crippen LogP contribution in [0.3, 0.4) is 0 Å². The number of benzene rings is 1. The summed E-state index contributed by atoms with van der Waals surface area (Å²) in [5.74, 6) is 0.758. The number of hydrogen-bond donors (Lipinski definition) is 1. The molecular formula is C16H25NO3S. The lowest BCUT2D eigenvalue weighted by Crippen LogP contribution is -2.36. The summed E-state index contributed by atoms with van der Waals surface area (Å²) in [7, 11) is -3.43. The quantitative estimate of drug-likeness (QED) is 0.876. The second kappa shape index (κ2) is 7.27. The predicted molar refractivity (Wildman–Crippen MR) is 84.2 cm³/mol. The molecule has 0 aromatic heterocycles. The second-order valence-corrected chi connectivity index (χ2v) is 7.45. The highest BCUT2D eigenvalue weighted by Gasteiger charge is 2.22. The summed E-state index contributed by atoms with van der Waals surface area (Å²) in [4.78, 5) is 0.328. The lowest BCUT2D eigenvalue weighted by Gasteiger charge is -2.22. The summed E-state index contributed by atoms with van der Waals surface area (Å²) in [5.41, 5.74) is 0.856. The summed E-state index contributed by atoms with van der Waals surface area (Å²) in [6.07, 6.45) is 6.24. The van der Waals surface area contributed by atoms with Gasteiger partial charge in [0.15, 0.2) is 0 Å². The summed E-state index contributed by atoms with van der Waals surface area (Å²) < 4.78 is 33.3. The van der Waals surface area contributed by atoms with E-state index in [2.05, 4.69) is 4.72 Å². The maximum atomic E-state index is 12.4. The molecule has 1 N–H and O–H groups in total. The van der Waals surface area contributed by atoms with Crippen molar-refractivity contribution in [3.05, 3.63) is 23.8 Å². The molecule has 1 saturated carbocycles. The van der Waals surface area contributed by atoms with Gasteiger partial charge in [0, 0.05) is 6.04 Å². The van der Waals surface area contributed by atoms with E-state index in [0.717, 1.165) is 43.4 Å². The molecule has 0 saturated heterocycles. The van der Waals surface area contributed by atoms with Crippen molar-refractivity contribution in [2.75, 3.05) is 6.61 Å². The van der Waals surface area contributed by atoms with Crippen molar-refractivity contribution in [2.24, 2.45) is 0 Å². The standard InChI is InChI=1S/C16H25NO3S/c1-3-11-20-16-10-9-15(12-13(16)2)21(18,19)17-14-7-5-4-6-8-14/h9-10,12,14,17H,3-8,11H2,1-2H3. The Balaban J connectivity index is 2.10. The zero-order chi connectivity index (χ0) is 15.3. The topological polar surface area (TPSA) is 55.4 Å². The highest BCUT2D eigenvalue weighted by Crippen LogP contribution is 2.24. The Morgan fingerprint density at radius 3 is 2.57 bits per heavy atom. The molecule has 2 rings (SSSR count). The molecule has 1 aliphatic carbocycles. The molecule has 0 radical (unpaired) electrons. The molecule has 0 atom stereocenters. The molecule has 0 bridgehead atoms. The Morgan fingerprint density at radius 2 is 1.95 bits per heavy atom. The first kappa shape index (κ1) is 16.3. The summed E-state index contributed by atoms with van der Waals surface area (Å²) in [6.45, 7) is 4.57. The van der Waals surface area contributed by atoms with E-state index in [0.29, 0.717) is 11.5 Å². The Kier molecular flexibility index (Phi) is 5.65. The predicted octanol–water partition coefficient (Wildman–Crippen LogP) is 3.39. The fourth-order valence-corrected chi connectivity index (χ4v) is 4.06. The van der Waals surface area contributed by atoms with Crippen LogP contribution in [0.2, 0.25) is 0 Å². The monoisotopic (exact) mass is 311 g/mol. The largest absolute Gasteiger partial charge is 0.493 e. The van der Waals surface area contributed by atoms with Crippen molar-refractivity contribution in [3.63, 3.8) is 0 Å². The fourth-order valence-electron chi connectivity index (χ4n) is 2.67. The van der Waals surface area contributed by atoms with Crippen molar-refractivity contribution in [2.45, 2.75) is 63.3 Å². The minimum Gasteiger partial charge on any atom is -0.493 e. The van der Waals surface area contributed by atoms with Crippen molar-refractivity contribution in [3.8, 4) is 5.75 Å². The summed E-state index contributed by atoms with van der Waals surface area (Å²) in [5, 5.41) is 0. The van der Waals surface area contributed by atoms with Gasteiger partial charge in [-0.2, -0.15) is 0 Å². The molecule has 0 spiro atoms. The van der Waals surface area contributed by atoms with Gasteiger partial charge < -0.3 is 4.74 Å². The molecule has 0 aliphatic heterocycles. The Hall–Kier alpha value is -1.07. The van der Waals surface area contributed by atoms with Crippen LogP contribution in [-0.2, 0) is 10.0 Å². The van der Waals surface area contributed by atoms with Gasteiger partial charge in [-0.05, 0) is 49.9 Å². The lowest BCUT2D eigenvalue weighted by atomic mass is 9.96. The van der Waals surface area contributed by atoms with Gasteiger partial charge in [0.1, 0.15) is 5.75 Å². The van der Waals surface area contributed by atoms with Crippen LogP contribution in [0.4, 0.5) is 0 Å². The van der Waals surface area contributed by atoms with Gasteiger partial charge in [0.05, 0.1) is 11.5 Å². The zero-order valence-electron chi connectivity index (χ0n) is 12.9. The molecule has 0 heterocycles. The normalized spacial score (nSPS) is 16.9. The summed E-state index contributed by atoms with van der Waals surface area (Å²) in [6, 6.07) is 5.15. The third kappa shape index (κ3) is 4.45. The second-order valence-electron chi connectivity index (χ2n) is 5.73. The number of nitrogens with one attached hydrogen (secondary N) is 1. The van der Waals surface area contributed by atoms with Crippen LogP contribution in [0, 0.1) is 6.92 Å². The van der Waals surface area contributed by atoms with Crippen LogP contribution < -0.4 is 9.46 Å². The molecule has 21 heavy (non-hydrogen) atoms. The molecule has 1 aromatic rings. The minimum absolute atomic E-state index is 0.0834. The fraction of sp³-hybridized carbons (Fsp3) is 0.625. The smallest absolute Gasteiger partial charge is 0.240 e. The van der Waals surface area contributed by atoms with Gasteiger partial charge in [-0.3, -0.25) is 0 Å². The Labute approximate surface area is 127 Å². The third-order valence-corrected chi connectivity index (χ3v) is 5.36. The average Bonchev–Trinajstić information content (AvgIpc) is 2.46.